The number of rotatable bonds is 8. The van der Waals surface area contributed by atoms with Gasteiger partial charge < -0.3 is 10.2 Å². The molecule has 0 aliphatic heterocycles. The zero-order valence-corrected chi connectivity index (χ0v) is 12.5. The lowest BCUT2D eigenvalue weighted by molar-refractivity contribution is -0.131. The van der Waals surface area contributed by atoms with Crippen LogP contribution < -0.4 is 10.6 Å². The Labute approximate surface area is 116 Å². The van der Waals surface area contributed by atoms with Crippen molar-refractivity contribution in [1.82, 2.24) is 15.5 Å². The molecular weight excluding hydrogens is 242 g/mol. The Morgan fingerprint density at radius 2 is 1.89 bits per heavy atom. The highest BCUT2D eigenvalue weighted by molar-refractivity contribution is 5.83. The molecule has 5 heteroatoms. The van der Waals surface area contributed by atoms with Gasteiger partial charge in [-0.2, -0.15) is 0 Å². The Balaban J connectivity index is 2.26. The predicted molar refractivity (Wildman–Crippen MR) is 75.7 cm³/mol. The van der Waals surface area contributed by atoms with Crippen molar-refractivity contribution in [3.63, 3.8) is 0 Å². The second-order valence-electron chi connectivity index (χ2n) is 5.65. The SMILES string of the molecule is CCN(C(=O)CNC(C)C(=O)NCC(C)C)C1CC1. The van der Waals surface area contributed by atoms with Crippen molar-refractivity contribution in [2.75, 3.05) is 19.6 Å². The Hall–Kier alpha value is -1.10. The number of carbonyl (C=O) groups excluding carboxylic acids is 2. The van der Waals surface area contributed by atoms with E-state index in [0.717, 1.165) is 19.4 Å². The van der Waals surface area contributed by atoms with Crippen LogP contribution in [-0.4, -0.2) is 48.4 Å². The van der Waals surface area contributed by atoms with E-state index in [1.807, 2.05) is 11.8 Å². The molecule has 1 fully saturated rings. The third kappa shape index (κ3) is 5.59. The number of nitrogens with one attached hydrogen (secondary N) is 2. The molecule has 1 unspecified atom stereocenters. The van der Waals surface area contributed by atoms with Crippen molar-refractivity contribution in [2.24, 2.45) is 5.92 Å². The van der Waals surface area contributed by atoms with Crippen LogP contribution in [0.4, 0.5) is 0 Å². The summed E-state index contributed by atoms with van der Waals surface area (Å²) in [5, 5.41) is 5.86. The molecular formula is C14H27N3O2. The fourth-order valence-corrected chi connectivity index (χ4v) is 1.92. The zero-order chi connectivity index (χ0) is 14.4. The van der Waals surface area contributed by atoms with Gasteiger partial charge in [-0.05, 0) is 32.6 Å². The number of likely N-dealkylation sites (N-methyl/N-ethyl adjacent to an activating group) is 1. The highest BCUT2D eigenvalue weighted by atomic mass is 16.2. The van der Waals surface area contributed by atoms with E-state index in [1.54, 1.807) is 6.92 Å². The van der Waals surface area contributed by atoms with E-state index in [9.17, 15) is 9.59 Å². The van der Waals surface area contributed by atoms with Gasteiger partial charge in [0.1, 0.15) is 0 Å². The summed E-state index contributed by atoms with van der Waals surface area (Å²) < 4.78 is 0. The monoisotopic (exact) mass is 269 g/mol. The number of hydrogen-bond donors (Lipinski definition) is 2. The van der Waals surface area contributed by atoms with Gasteiger partial charge >= 0.3 is 0 Å². The van der Waals surface area contributed by atoms with Gasteiger partial charge in [0, 0.05) is 19.1 Å². The van der Waals surface area contributed by atoms with Gasteiger partial charge in [0.15, 0.2) is 0 Å². The lowest BCUT2D eigenvalue weighted by atomic mass is 10.2. The maximum Gasteiger partial charge on any atom is 0.236 e. The second kappa shape index (κ2) is 7.48. The predicted octanol–water partition coefficient (Wildman–Crippen LogP) is 0.748. The van der Waals surface area contributed by atoms with E-state index in [2.05, 4.69) is 24.5 Å². The van der Waals surface area contributed by atoms with Crippen LogP contribution in [0.1, 0.15) is 40.5 Å². The minimum absolute atomic E-state index is 0.0454. The summed E-state index contributed by atoms with van der Waals surface area (Å²) in [5.74, 6) is 0.479. The van der Waals surface area contributed by atoms with Crippen molar-refractivity contribution in [2.45, 2.75) is 52.6 Å². The van der Waals surface area contributed by atoms with Crippen LogP contribution in [0.15, 0.2) is 0 Å². The maximum atomic E-state index is 12.0. The van der Waals surface area contributed by atoms with Gasteiger partial charge in [0.2, 0.25) is 11.8 Å². The molecule has 0 aromatic heterocycles. The quantitative estimate of drug-likeness (QED) is 0.683. The summed E-state index contributed by atoms with van der Waals surface area (Å²) >= 11 is 0. The third-order valence-corrected chi connectivity index (χ3v) is 3.29. The molecule has 1 atom stereocenters. The van der Waals surface area contributed by atoms with Crippen molar-refractivity contribution >= 4 is 11.8 Å². The van der Waals surface area contributed by atoms with Crippen LogP contribution in [0.2, 0.25) is 0 Å². The van der Waals surface area contributed by atoms with Crippen LogP contribution in [0.25, 0.3) is 0 Å². The molecule has 1 rings (SSSR count). The summed E-state index contributed by atoms with van der Waals surface area (Å²) in [6, 6.07) is 0.102. The zero-order valence-electron chi connectivity index (χ0n) is 12.5. The Bertz CT molecular complexity index is 314. The summed E-state index contributed by atoms with van der Waals surface area (Å²) in [5.41, 5.74) is 0. The minimum Gasteiger partial charge on any atom is -0.354 e. The van der Waals surface area contributed by atoms with Gasteiger partial charge in [0.05, 0.1) is 12.6 Å². The fraction of sp³-hybridized carbons (Fsp3) is 0.857. The standard InChI is InChI=1S/C14H27N3O2/c1-5-17(12-6-7-12)13(18)9-15-11(4)14(19)16-8-10(2)3/h10-12,15H,5-9H2,1-4H3,(H,16,19). The van der Waals surface area contributed by atoms with E-state index in [4.69, 9.17) is 0 Å². The van der Waals surface area contributed by atoms with Gasteiger partial charge in [-0.1, -0.05) is 13.8 Å². The van der Waals surface area contributed by atoms with Crippen LogP contribution >= 0.6 is 0 Å². The Kier molecular flexibility index (Phi) is 6.28. The summed E-state index contributed by atoms with van der Waals surface area (Å²) in [4.78, 5) is 25.6. The first-order chi connectivity index (χ1) is 8.95. The molecule has 0 radical (unpaired) electrons. The van der Waals surface area contributed by atoms with Gasteiger partial charge in [-0.25, -0.2) is 0 Å². The molecule has 0 bridgehead atoms. The average molecular weight is 269 g/mol. The van der Waals surface area contributed by atoms with E-state index in [1.165, 1.54) is 0 Å². The average Bonchev–Trinajstić information content (AvgIpc) is 3.18. The first kappa shape index (κ1) is 16.0. The normalized spacial score (nSPS) is 16.3. The molecule has 2 amide bonds. The van der Waals surface area contributed by atoms with Gasteiger partial charge in [-0.15, -0.1) is 0 Å². The van der Waals surface area contributed by atoms with Crippen LogP contribution in [0.5, 0.6) is 0 Å². The number of hydrogen-bond acceptors (Lipinski definition) is 3. The van der Waals surface area contributed by atoms with E-state index in [-0.39, 0.29) is 24.4 Å². The van der Waals surface area contributed by atoms with Gasteiger partial charge in [-0.3, -0.25) is 14.9 Å². The summed E-state index contributed by atoms with van der Waals surface area (Å²) in [6.45, 7) is 9.54. The molecule has 19 heavy (non-hydrogen) atoms. The smallest absolute Gasteiger partial charge is 0.236 e. The first-order valence-corrected chi connectivity index (χ1v) is 7.26. The summed E-state index contributed by atoms with van der Waals surface area (Å²) in [6.07, 6.45) is 2.23. The van der Waals surface area contributed by atoms with Crippen molar-refractivity contribution in [1.29, 1.82) is 0 Å². The maximum absolute atomic E-state index is 12.0. The Morgan fingerprint density at radius 3 is 2.37 bits per heavy atom. The molecule has 1 saturated carbocycles. The van der Waals surface area contributed by atoms with E-state index >= 15 is 0 Å². The molecule has 0 aromatic rings. The van der Waals surface area contributed by atoms with E-state index in [0.29, 0.717) is 18.5 Å². The first-order valence-electron chi connectivity index (χ1n) is 7.26. The van der Waals surface area contributed by atoms with Crippen molar-refractivity contribution in [3.8, 4) is 0 Å². The molecule has 0 aromatic carbocycles. The fourth-order valence-electron chi connectivity index (χ4n) is 1.92. The highest BCUT2D eigenvalue weighted by Crippen LogP contribution is 2.26. The minimum atomic E-state index is -0.333. The van der Waals surface area contributed by atoms with Crippen LogP contribution in [-0.2, 0) is 9.59 Å². The highest BCUT2D eigenvalue weighted by Gasteiger charge is 2.31. The topological polar surface area (TPSA) is 61.4 Å². The third-order valence-electron chi connectivity index (χ3n) is 3.29. The largest absolute Gasteiger partial charge is 0.354 e. The summed E-state index contributed by atoms with van der Waals surface area (Å²) in [7, 11) is 0. The van der Waals surface area contributed by atoms with Crippen LogP contribution in [0, 0.1) is 5.92 Å². The molecule has 1 aliphatic rings. The lowest BCUT2D eigenvalue weighted by Crippen LogP contribution is -2.47. The second-order valence-corrected chi connectivity index (χ2v) is 5.65. The van der Waals surface area contributed by atoms with E-state index < -0.39 is 0 Å². The molecule has 0 spiro atoms. The lowest BCUT2D eigenvalue weighted by Gasteiger charge is -2.22. The molecule has 0 heterocycles. The molecule has 1 aliphatic carbocycles. The molecule has 5 nitrogen and oxygen atoms in total. The van der Waals surface area contributed by atoms with Crippen molar-refractivity contribution in [3.05, 3.63) is 0 Å². The molecule has 0 saturated heterocycles. The number of nitrogens with zero attached hydrogens (tertiary/aromatic N) is 1. The number of carbonyl (C=O) groups is 2. The van der Waals surface area contributed by atoms with Gasteiger partial charge in [0.25, 0.3) is 0 Å². The molecule has 110 valence electrons. The number of amides is 2. The molecule has 2 N–H and O–H groups in total. The van der Waals surface area contributed by atoms with Crippen molar-refractivity contribution < 1.29 is 9.59 Å². The Morgan fingerprint density at radius 1 is 1.26 bits per heavy atom. The van der Waals surface area contributed by atoms with Crippen LogP contribution in [0.3, 0.4) is 0 Å².